The molecule has 0 atom stereocenters. The van der Waals surface area contributed by atoms with Crippen LogP contribution in [0, 0.1) is 0 Å². The average molecular weight is 357 g/mol. The zero-order chi connectivity index (χ0) is 17.2. The zero-order valence-electron chi connectivity index (χ0n) is 14.0. The fraction of sp³-hybridized carbons (Fsp3) is 0.333. The fourth-order valence-electron chi connectivity index (χ4n) is 2.96. The maximum atomic E-state index is 12.6. The highest BCUT2D eigenvalue weighted by molar-refractivity contribution is 7.22. The largest absolute Gasteiger partial charge is 0.453 e. The molecule has 1 aliphatic rings. The molecule has 2 aromatic heterocycles. The summed E-state index contributed by atoms with van der Waals surface area (Å²) in [5.41, 5.74) is 1.03. The van der Waals surface area contributed by atoms with Crippen LogP contribution in [-0.4, -0.2) is 49.1 Å². The fourth-order valence-corrected chi connectivity index (χ4v) is 3.98. The molecule has 130 valence electrons. The molecule has 0 spiro atoms. The van der Waals surface area contributed by atoms with Crippen LogP contribution in [0.1, 0.15) is 16.3 Å². The Hall–Kier alpha value is -2.38. The molecule has 0 radical (unpaired) electrons. The van der Waals surface area contributed by atoms with Gasteiger partial charge in [0.25, 0.3) is 5.91 Å². The number of furan rings is 1. The lowest BCUT2D eigenvalue weighted by atomic mass is 10.3. The van der Waals surface area contributed by atoms with Gasteiger partial charge in [-0.1, -0.05) is 23.5 Å². The number of nitrogens with zero attached hydrogens (tertiary/aromatic N) is 3. The van der Waals surface area contributed by atoms with Crippen molar-refractivity contribution in [1.29, 1.82) is 0 Å². The van der Waals surface area contributed by atoms with Gasteiger partial charge in [0.15, 0.2) is 10.9 Å². The van der Waals surface area contributed by atoms with Crippen molar-refractivity contribution in [3.63, 3.8) is 0 Å². The van der Waals surface area contributed by atoms with Gasteiger partial charge in [-0.25, -0.2) is 4.98 Å². The van der Waals surface area contributed by atoms with Crippen LogP contribution in [0.15, 0.2) is 40.8 Å². The molecule has 1 aromatic carbocycles. The highest BCUT2D eigenvalue weighted by atomic mass is 32.1. The molecule has 0 saturated carbocycles. The lowest BCUT2D eigenvalue weighted by molar-refractivity contribution is 0.0707. The number of anilines is 1. The van der Waals surface area contributed by atoms with Crippen molar-refractivity contribution in [3.8, 4) is 0 Å². The van der Waals surface area contributed by atoms with E-state index in [1.165, 1.54) is 4.70 Å². The molecule has 1 fully saturated rings. The molecule has 1 aliphatic heterocycles. The Kier molecular flexibility index (Phi) is 4.42. The molecule has 6 nitrogen and oxygen atoms in total. The van der Waals surface area contributed by atoms with E-state index in [1.54, 1.807) is 30.6 Å². The SMILES string of the molecule is COCc1ccc(C(=O)N2CCN(c3nc4ccccc4s3)CC2)o1. The third-order valence-electron chi connectivity index (χ3n) is 4.28. The number of aromatic nitrogens is 1. The first-order valence-electron chi connectivity index (χ1n) is 8.22. The number of carbonyl (C=O) groups is 1. The normalized spacial score (nSPS) is 15.1. The minimum Gasteiger partial charge on any atom is -0.453 e. The summed E-state index contributed by atoms with van der Waals surface area (Å²) in [6.45, 7) is 3.25. The van der Waals surface area contributed by atoms with Gasteiger partial charge in [0, 0.05) is 33.3 Å². The van der Waals surface area contributed by atoms with E-state index in [9.17, 15) is 4.79 Å². The van der Waals surface area contributed by atoms with Crippen LogP contribution >= 0.6 is 11.3 Å². The van der Waals surface area contributed by atoms with E-state index in [-0.39, 0.29) is 5.91 Å². The summed E-state index contributed by atoms with van der Waals surface area (Å²) >= 11 is 1.70. The standard InChI is InChI=1S/C18H19N3O3S/c1-23-12-13-6-7-15(24-13)17(22)20-8-10-21(11-9-20)18-19-14-4-2-3-5-16(14)25-18/h2-7H,8-12H2,1H3. The Morgan fingerprint density at radius 2 is 2.00 bits per heavy atom. The predicted octanol–water partition coefficient (Wildman–Crippen LogP) is 3.00. The van der Waals surface area contributed by atoms with Gasteiger partial charge in [-0.3, -0.25) is 4.79 Å². The zero-order valence-corrected chi connectivity index (χ0v) is 14.8. The summed E-state index contributed by atoms with van der Waals surface area (Å²) in [5, 5.41) is 1.02. The highest BCUT2D eigenvalue weighted by Crippen LogP contribution is 2.29. The first-order valence-corrected chi connectivity index (χ1v) is 9.03. The second-order valence-electron chi connectivity index (χ2n) is 5.94. The third-order valence-corrected chi connectivity index (χ3v) is 5.38. The van der Waals surface area contributed by atoms with Crippen molar-refractivity contribution in [2.75, 3.05) is 38.2 Å². The Labute approximate surface area is 149 Å². The van der Waals surface area contributed by atoms with Gasteiger partial charge >= 0.3 is 0 Å². The van der Waals surface area contributed by atoms with Crippen molar-refractivity contribution in [2.24, 2.45) is 0 Å². The summed E-state index contributed by atoms with van der Waals surface area (Å²) < 4.78 is 11.8. The topological polar surface area (TPSA) is 58.8 Å². The second-order valence-corrected chi connectivity index (χ2v) is 6.95. The molecule has 0 aliphatic carbocycles. The van der Waals surface area contributed by atoms with Gasteiger partial charge in [-0.05, 0) is 24.3 Å². The molecule has 25 heavy (non-hydrogen) atoms. The van der Waals surface area contributed by atoms with Gasteiger partial charge in [0.1, 0.15) is 12.4 Å². The number of amides is 1. The van der Waals surface area contributed by atoms with Crippen LogP contribution in [0.2, 0.25) is 0 Å². The van der Waals surface area contributed by atoms with E-state index in [0.29, 0.717) is 31.2 Å². The first-order chi connectivity index (χ1) is 12.2. The number of fused-ring (bicyclic) bond motifs is 1. The van der Waals surface area contributed by atoms with Gasteiger partial charge in [0.05, 0.1) is 10.2 Å². The van der Waals surface area contributed by atoms with E-state index in [0.717, 1.165) is 23.7 Å². The van der Waals surface area contributed by atoms with E-state index < -0.39 is 0 Å². The molecule has 1 saturated heterocycles. The minimum absolute atomic E-state index is 0.0636. The number of para-hydroxylation sites is 1. The molecule has 1 amide bonds. The molecule has 3 aromatic rings. The van der Waals surface area contributed by atoms with Crippen molar-refractivity contribution in [3.05, 3.63) is 47.9 Å². The Balaban J connectivity index is 1.41. The molecule has 0 N–H and O–H groups in total. The molecular weight excluding hydrogens is 338 g/mol. The summed E-state index contributed by atoms with van der Waals surface area (Å²) in [5.74, 6) is 0.978. The Morgan fingerprint density at radius 3 is 2.76 bits per heavy atom. The van der Waals surface area contributed by atoms with Crippen molar-refractivity contribution < 1.29 is 13.9 Å². The van der Waals surface area contributed by atoms with Crippen molar-refractivity contribution in [2.45, 2.75) is 6.61 Å². The van der Waals surface area contributed by atoms with Gasteiger partial charge in [-0.2, -0.15) is 0 Å². The monoisotopic (exact) mass is 357 g/mol. The molecule has 7 heteroatoms. The Bertz CT molecular complexity index is 847. The van der Waals surface area contributed by atoms with Gasteiger partial charge in [0.2, 0.25) is 0 Å². The van der Waals surface area contributed by atoms with Crippen molar-refractivity contribution in [1.82, 2.24) is 9.88 Å². The van der Waals surface area contributed by atoms with E-state index in [4.69, 9.17) is 14.1 Å². The van der Waals surface area contributed by atoms with Crippen LogP contribution in [0.25, 0.3) is 10.2 Å². The quantitative estimate of drug-likeness (QED) is 0.718. The number of rotatable bonds is 4. The third kappa shape index (κ3) is 3.25. The number of piperazine rings is 1. The summed E-state index contributed by atoms with van der Waals surface area (Å²) in [6.07, 6.45) is 0. The number of thiazole rings is 1. The number of ether oxygens (including phenoxy) is 1. The maximum absolute atomic E-state index is 12.6. The van der Waals surface area contributed by atoms with E-state index >= 15 is 0 Å². The van der Waals surface area contributed by atoms with Crippen LogP contribution in [0.4, 0.5) is 5.13 Å². The number of methoxy groups -OCH3 is 1. The number of carbonyl (C=O) groups excluding carboxylic acids is 1. The predicted molar refractivity (Wildman–Crippen MR) is 97.2 cm³/mol. The van der Waals surface area contributed by atoms with Crippen LogP contribution < -0.4 is 4.90 Å². The maximum Gasteiger partial charge on any atom is 0.289 e. The number of hydrogen-bond donors (Lipinski definition) is 0. The minimum atomic E-state index is -0.0636. The lowest BCUT2D eigenvalue weighted by Gasteiger charge is -2.34. The Morgan fingerprint density at radius 1 is 1.20 bits per heavy atom. The molecule has 3 heterocycles. The van der Waals surface area contributed by atoms with Crippen LogP contribution in [0.5, 0.6) is 0 Å². The van der Waals surface area contributed by atoms with E-state index in [1.807, 2.05) is 23.1 Å². The smallest absolute Gasteiger partial charge is 0.289 e. The first kappa shape index (κ1) is 16.1. The lowest BCUT2D eigenvalue weighted by Crippen LogP contribution is -2.48. The molecule has 4 rings (SSSR count). The summed E-state index contributed by atoms with van der Waals surface area (Å²) in [4.78, 5) is 21.3. The van der Waals surface area contributed by atoms with Crippen LogP contribution in [0.3, 0.4) is 0 Å². The number of hydrogen-bond acceptors (Lipinski definition) is 6. The van der Waals surface area contributed by atoms with Crippen LogP contribution in [-0.2, 0) is 11.3 Å². The number of benzene rings is 1. The highest BCUT2D eigenvalue weighted by Gasteiger charge is 2.25. The molecule has 0 unspecified atom stereocenters. The van der Waals surface area contributed by atoms with Gasteiger partial charge in [-0.15, -0.1) is 0 Å². The molecular formula is C18H19N3O3S. The van der Waals surface area contributed by atoms with E-state index in [2.05, 4.69) is 11.0 Å². The average Bonchev–Trinajstić information content (AvgIpc) is 3.28. The summed E-state index contributed by atoms with van der Waals surface area (Å²) in [7, 11) is 1.60. The summed E-state index contributed by atoms with van der Waals surface area (Å²) in [6, 6.07) is 11.7. The van der Waals surface area contributed by atoms with Gasteiger partial charge < -0.3 is 19.0 Å². The van der Waals surface area contributed by atoms with Crippen molar-refractivity contribution >= 4 is 32.6 Å². The second kappa shape index (κ2) is 6.85. The molecule has 0 bridgehead atoms.